The molecule has 88 valence electrons. The minimum atomic E-state index is -0.920. The van der Waals surface area contributed by atoms with Crippen LogP contribution >= 0.6 is 0 Å². The molecule has 1 aromatic carbocycles. The molecule has 1 aromatic rings. The third-order valence-corrected chi connectivity index (χ3v) is 2.51. The van der Waals surface area contributed by atoms with Crippen molar-refractivity contribution in [2.45, 2.75) is 26.4 Å². The van der Waals surface area contributed by atoms with Gasteiger partial charge in [-0.1, -0.05) is 6.07 Å². The van der Waals surface area contributed by atoms with Crippen molar-refractivity contribution in [1.29, 1.82) is 0 Å². The van der Waals surface area contributed by atoms with Crippen LogP contribution in [0.3, 0.4) is 0 Å². The highest BCUT2D eigenvalue weighted by Gasteiger charge is 2.07. The number of nitrogens with one attached hydrogen (secondary N) is 1. The molecule has 0 radical (unpaired) electrons. The van der Waals surface area contributed by atoms with Gasteiger partial charge >= 0.3 is 5.97 Å². The van der Waals surface area contributed by atoms with Gasteiger partial charge in [0.05, 0.1) is 12.2 Å². The summed E-state index contributed by atoms with van der Waals surface area (Å²) < 4.78 is 0. The number of benzene rings is 1. The van der Waals surface area contributed by atoms with Crippen LogP contribution in [0.5, 0.6) is 0 Å². The summed E-state index contributed by atoms with van der Waals surface area (Å²) in [5.74, 6) is -0.920. The Hall–Kier alpha value is -1.39. The van der Waals surface area contributed by atoms with Crippen molar-refractivity contribution < 1.29 is 15.0 Å². The van der Waals surface area contributed by atoms with Crippen LogP contribution in [0.1, 0.15) is 28.4 Å². The van der Waals surface area contributed by atoms with E-state index in [0.29, 0.717) is 12.1 Å². The third-order valence-electron chi connectivity index (χ3n) is 2.51. The first-order valence-electron chi connectivity index (χ1n) is 5.21. The first-order chi connectivity index (χ1) is 7.54. The maximum Gasteiger partial charge on any atom is 0.335 e. The zero-order valence-corrected chi connectivity index (χ0v) is 9.53. The molecule has 1 unspecified atom stereocenters. The van der Waals surface area contributed by atoms with E-state index in [1.165, 1.54) is 0 Å². The Labute approximate surface area is 94.9 Å². The summed E-state index contributed by atoms with van der Waals surface area (Å²) in [5.41, 5.74) is 2.28. The molecule has 4 heteroatoms. The molecule has 0 fully saturated rings. The van der Waals surface area contributed by atoms with Gasteiger partial charge in [0.1, 0.15) is 0 Å². The fraction of sp³-hybridized carbons (Fsp3) is 0.417. The van der Waals surface area contributed by atoms with Crippen molar-refractivity contribution in [1.82, 2.24) is 5.32 Å². The predicted molar refractivity (Wildman–Crippen MR) is 61.5 cm³/mol. The molecule has 0 aliphatic rings. The minimum Gasteiger partial charge on any atom is -0.478 e. The van der Waals surface area contributed by atoms with Crippen LogP contribution in [-0.4, -0.2) is 28.8 Å². The number of carbonyl (C=O) groups is 1. The number of aryl methyl sites for hydroxylation is 1. The van der Waals surface area contributed by atoms with E-state index in [0.717, 1.165) is 11.1 Å². The second-order valence-corrected chi connectivity index (χ2v) is 3.91. The predicted octanol–water partition coefficient (Wildman–Crippen LogP) is 1.16. The second kappa shape index (κ2) is 5.63. The van der Waals surface area contributed by atoms with E-state index in [1.807, 2.05) is 13.8 Å². The van der Waals surface area contributed by atoms with Crippen LogP contribution < -0.4 is 5.32 Å². The number of aromatic carboxylic acids is 1. The van der Waals surface area contributed by atoms with Gasteiger partial charge in [-0.05, 0) is 37.1 Å². The molecule has 1 rings (SSSR count). The van der Waals surface area contributed by atoms with Crippen LogP contribution in [0.4, 0.5) is 0 Å². The van der Waals surface area contributed by atoms with Crippen LogP contribution in [0.25, 0.3) is 0 Å². The van der Waals surface area contributed by atoms with E-state index in [-0.39, 0.29) is 12.6 Å². The van der Waals surface area contributed by atoms with Crippen LogP contribution in [0.2, 0.25) is 0 Å². The fourth-order valence-electron chi connectivity index (χ4n) is 1.34. The molecule has 0 amide bonds. The van der Waals surface area contributed by atoms with Gasteiger partial charge in [-0.3, -0.25) is 0 Å². The number of hydrogen-bond donors (Lipinski definition) is 3. The second-order valence-electron chi connectivity index (χ2n) is 3.91. The lowest BCUT2D eigenvalue weighted by molar-refractivity contribution is 0.0696. The number of hydrogen-bond acceptors (Lipinski definition) is 3. The molecule has 3 N–H and O–H groups in total. The smallest absolute Gasteiger partial charge is 0.335 e. The van der Waals surface area contributed by atoms with E-state index in [4.69, 9.17) is 10.2 Å². The highest BCUT2D eigenvalue weighted by molar-refractivity contribution is 5.87. The molecule has 0 saturated heterocycles. The SMILES string of the molecule is Cc1ccc(C(=O)O)cc1CNC(C)CO. The summed E-state index contributed by atoms with van der Waals surface area (Å²) >= 11 is 0. The Balaban J connectivity index is 2.78. The Morgan fingerprint density at radius 3 is 2.75 bits per heavy atom. The summed E-state index contributed by atoms with van der Waals surface area (Å²) in [6.07, 6.45) is 0. The van der Waals surface area contributed by atoms with Crippen molar-refractivity contribution in [3.8, 4) is 0 Å². The van der Waals surface area contributed by atoms with E-state index >= 15 is 0 Å². The van der Waals surface area contributed by atoms with E-state index in [1.54, 1.807) is 18.2 Å². The lowest BCUT2D eigenvalue weighted by Crippen LogP contribution is -2.29. The Morgan fingerprint density at radius 2 is 2.19 bits per heavy atom. The maximum absolute atomic E-state index is 10.8. The molecule has 0 aliphatic carbocycles. The summed E-state index contributed by atoms with van der Waals surface area (Å²) in [6, 6.07) is 5.06. The zero-order valence-electron chi connectivity index (χ0n) is 9.53. The molecule has 0 heterocycles. The Kier molecular flexibility index (Phi) is 4.46. The summed E-state index contributed by atoms with van der Waals surface area (Å²) in [4.78, 5) is 10.8. The fourth-order valence-corrected chi connectivity index (χ4v) is 1.34. The first kappa shape index (κ1) is 12.7. The summed E-state index contributed by atoms with van der Waals surface area (Å²) in [6.45, 7) is 4.44. The van der Waals surface area contributed by atoms with Gasteiger partial charge in [-0.15, -0.1) is 0 Å². The standard InChI is InChI=1S/C12H17NO3/c1-8-3-4-10(12(15)16)5-11(8)6-13-9(2)7-14/h3-5,9,13-14H,6-7H2,1-2H3,(H,15,16). The first-order valence-corrected chi connectivity index (χ1v) is 5.21. The van der Waals surface area contributed by atoms with Gasteiger partial charge in [-0.2, -0.15) is 0 Å². The number of carboxylic acid groups (broad SMARTS) is 1. The van der Waals surface area contributed by atoms with Gasteiger partial charge < -0.3 is 15.5 Å². The average molecular weight is 223 g/mol. The molecule has 4 nitrogen and oxygen atoms in total. The summed E-state index contributed by atoms with van der Waals surface area (Å²) in [7, 11) is 0. The number of aliphatic hydroxyl groups is 1. The molecular formula is C12H17NO3. The van der Waals surface area contributed by atoms with Crippen molar-refractivity contribution in [3.05, 3.63) is 34.9 Å². The van der Waals surface area contributed by atoms with Gasteiger partial charge in [0.2, 0.25) is 0 Å². The van der Waals surface area contributed by atoms with Crippen molar-refractivity contribution in [2.75, 3.05) is 6.61 Å². The highest BCUT2D eigenvalue weighted by atomic mass is 16.4. The molecule has 0 aromatic heterocycles. The van der Waals surface area contributed by atoms with Crippen molar-refractivity contribution in [2.24, 2.45) is 0 Å². The lowest BCUT2D eigenvalue weighted by Gasteiger charge is -2.12. The van der Waals surface area contributed by atoms with Crippen molar-refractivity contribution >= 4 is 5.97 Å². The van der Waals surface area contributed by atoms with Crippen LogP contribution in [0.15, 0.2) is 18.2 Å². The van der Waals surface area contributed by atoms with E-state index in [2.05, 4.69) is 5.32 Å². The van der Waals surface area contributed by atoms with Crippen LogP contribution in [0, 0.1) is 6.92 Å². The average Bonchev–Trinajstić information content (AvgIpc) is 2.27. The molecule has 0 spiro atoms. The van der Waals surface area contributed by atoms with Gasteiger partial charge in [0, 0.05) is 12.6 Å². The molecular weight excluding hydrogens is 206 g/mol. The number of aliphatic hydroxyl groups excluding tert-OH is 1. The van der Waals surface area contributed by atoms with E-state index < -0.39 is 5.97 Å². The topological polar surface area (TPSA) is 69.6 Å². The quantitative estimate of drug-likeness (QED) is 0.700. The Bertz CT molecular complexity index is 377. The zero-order chi connectivity index (χ0) is 12.1. The highest BCUT2D eigenvalue weighted by Crippen LogP contribution is 2.11. The largest absolute Gasteiger partial charge is 0.478 e. The molecule has 0 aliphatic heterocycles. The number of carboxylic acids is 1. The lowest BCUT2D eigenvalue weighted by atomic mass is 10.0. The monoisotopic (exact) mass is 223 g/mol. The van der Waals surface area contributed by atoms with Gasteiger partial charge in [0.25, 0.3) is 0 Å². The van der Waals surface area contributed by atoms with Crippen molar-refractivity contribution in [3.63, 3.8) is 0 Å². The molecule has 16 heavy (non-hydrogen) atoms. The van der Waals surface area contributed by atoms with Gasteiger partial charge in [-0.25, -0.2) is 4.79 Å². The van der Waals surface area contributed by atoms with Gasteiger partial charge in [0.15, 0.2) is 0 Å². The normalized spacial score (nSPS) is 12.4. The minimum absolute atomic E-state index is 0.00730. The Morgan fingerprint density at radius 1 is 1.50 bits per heavy atom. The summed E-state index contributed by atoms with van der Waals surface area (Å²) in [5, 5.41) is 20.8. The molecule has 0 saturated carbocycles. The number of rotatable bonds is 5. The maximum atomic E-state index is 10.8. The third kappa shape index (κ3) is 3.32. The molecule has 0 bridgehead atoms. The molecule has 1 atom stereocenters. The van der Waals surface area contributed by atoms with Crippen LogP contribution in [-0.2, 0) is 6.54 Å². The van der Waals surface area contributed by atoms with E-state index in [9.17, 15) is 4.79 Å².